The summed E-state index contributed by atoms with van der Waals surface area (Å²) in [6.07, 6.45) is 0.191. The molecule has 1 atom stereocenters. The highest BCUT2D eigenvalue weighted by molar-refractivity contribution is 5.33. The summed E-state index contributed by atoms with van der Waals surface area (Å²) in [5, 5.41) is 3.90. The van der Waals surface area contributed by atoms with Crippen LogP contribution in [0.5, 0.6) is 5.75 Å². The number of benzene rings is 1. The second-order valence-corrected chi connectivity index (χ2v) is 6.94. The monoisotopic (exact) mass is 344 g/mol. The van der Waals surface area contributed by atoms with Crippen molar-refractivity contribution >= 4 is 0 Å². The van der Waals surface area contributed by atoms with Crippen molar-refractivity contribution in [2.24, 2.45) is 0 Å². The highest BCUT2D eigenvalue weighted by Gasteiger charge is 2.25. The third kappa shape index (κ3) is 4.58. The summed E-state index contributed by atoms with van der Waals surface area (Å²) in [6.45, 7) is 13.1. The van der Waals surface area contributed by atoms with E-state index >= 15 is 0 Å². The molecule has 6 heteroatoms. The summed E-state index contributed by atoms with van der Waals surface area (Å²) in [4.78, 5) is 9.24. The van der Waals surface area contributed by atoms with E-state index in [-0.39, 0.29) is 12.1 Å². The van der Waals surface area contributed by atoms with E-state index in [0.717, 1.165) is 38.5 Å². The summed E-state index contributed by atoms with van der Waals surface area (Å²) in [5.41, 5.74) is 1.25. The van der Waals surface area contributed by atoms with E-state index in [1.807, 2.05) is 13.0 Å². The van der Waals surface area contributed by atoms with Gasteiger partial charge in [-0.2, -0.15) is 4.98 Å². The lowest BCUT2D eigenvalue weighted by Crippen LogP contribution is -2.46. The van der Waals surface area contributed by atoms with Gasteiger partial charge in [-0.1, -0.05) is 23.4 Å². The molecule has 0 spiro atoms. The first kappa shape index (κ1) is 17.9. The molecule has 1 aromatic carbocycles. The fourth-order valence-electron chi connectivity index (χ4n) is 3.19. The van der Waals surface area contributed by atoms with Crippen LogP contribution in [0.1, 0.15) is 44.1 Å². The van der Waals surface area contributed by atoms with Gasteiger partial charge in [0.1, 0.15) is 5.75 Å². The topological polar surface area (TPSA) is 54.6 Å². The van der Waals surface area contributed by atoms with Crippen LogP contribution in [-0.4, -0.2) is 52.2 Å². The third-order valence-electron chi connectivity index (χ3n) is 4.58. The summed E-state index contributed by atoms with van der Waals surface area (Å²) in [7, 11) is 0. The zero-order valence-electron chi connectivity index (χ0n) is 15.6. The number of aromatic nitrogens is 2. The number of hydrogen-bond acceptors (Lipinski definition) is 6. The zero-order chi connectivity index (χ0) is 17.8. The highest BCUT2D eigenvalue weighted by atomic mass is 16.5. The van der Waals surface area contributed by atoms with Gasteiger partial charge in [0.05, 0.1) is 12.1 Å². The molecular weight excluding hydrogens is 316 g/mol. The number of hydrogen-bond donors (Lipinski definition) is 0. The Morgan fingerprint density at radius 3 is 2.48 bits per heavy atom. The molecule has 1 aliphatic rings. The lowest BCUT2D eigenvalue weighted by Gasteiger charge is -2.37. The molecule has 0 amide bonds. The average molecular weight is 344 g/mol. The van der Waals surface area contributed by atoms with Gasteiger partial charge in [0.25, 0.3) is 0 Å². The average Bonchev–Trinajstić information content (AvgIpc) is 3.03. The van der Waals surface area contributed by atoms with Crippen LogP contribution in [0.3, 0.4) is 0 Å². The van der Waals surface area contributed by atoms with Crippen molar-refractivity contribution in [2.75, 3.05) is 26.2 Å². The van der Waals surface area contributed by atoms with E-state index in [1.54, 1.807) is 0 Å². The van der Waals surface area contributed by atoms with Gasteiger partial charge in [0.2, 0.25) is 5.89 Å². The van der Waals surface area contributed by atoms with Crippen molar-refractivity contribution in [2.45, 2.75) is 46.4 Å². The molecule has 0 N–H and O–H groups in total. The Balaban J connectivity index is 1.56. The molecule has 0 aliphatic carbocycles. The van der Waals surface area contributed by atoms with Crippen molar-refractivity contribution in [1.82, 2.24) is 19.9 Å². The van der Waals surface area contributed by atoms with Crippen molar-refractivity contribution in [3.8, 4) is 5.75 Å². The summed E-state index contributed by atoms with van der Waals surface area (Å²) in [5.74, 6) is 2.40. The fraction of sp³-hybridized carbons (Fsp3) is 0.579. The van der Waals surface area contributed by atoms with Gasteiger partial charge >= 0.3 is 0 Å². The maximum Gasteiger partial charge on any atom is 0.243 e. The van der Waals surface area contributed by atoms with Crippen LogP contribution in [0.15, 0.2) is 28.8 Å². The Kier molecular flexibility index (Phi) is 5.71. The molecule has 136 valence electrons. The SMILES string of the molecule is Cc1noc(C(C)N2CCN(Cc3ccccc3OC(C)C)CC2)n1. The highest BCUT2D eigenvalue weighted by Crippen LogP contribution is 2.24. The van der Waals surface area contributed by atoms with Gasteiger partial charge in [-0.25, -0.2) is 0 Å². The smallest absolute Gasteiger partial charge is 0.243 e. The van der Waals surface area contributed by atoms with Crippen molar-refractivity contribution in [1.29, 1.82) is 0 Å². The first-order valence-electron chi connectivity index (χ1n) is 9.04. The second-order valence-electron chi connectivity index (χ2n) is 6.94. The first-order valence-corrected chi connectivity index (χ1v) is 9.04. The van der Waals surface area contributed by atoms with Crippen molar-refractivity contribution in [3.63, 3.8) is 0 Å². The largest absolute Gasteiger partial charge is 0.491 e. The normalized spacial score (nSPS) is 17.8. The van der Waals surface area contributed by atoms with Gasteiger partial charge in [-0.3, -0.25) is 9.80 Å². The van der Waals surface area contributed by atoms with Crippen LogP contribution in [0.25, 0.3) is 0 Å². The van der Waals surface area contributed by atoms with Crippen LogP contribution in [-0.2, 0) is 6.54 Å². The summed E-state index contributed by atoms with van der Waals surface area (Å²) < 4.78 is 11.3. The molecule has 0 bridgehead atoms. The summed E-state index contributed by atoms with van der Waals surface area (Å²) in [6, 6.07) is 8.51. The quantitative estimate of drug-likeness (QED) is 0.803. The zero-order valence-corrected chi connectivity index (χ0v) is 15.6. The lowest BCUT2D eigenvalue weighted by molar-refractivity contribution is 0.0837. The summed E-state index contributed by atoms with van der Waals surface area (Å²) >= 11 is 0. The molecule has 1 fully saturated rings. The van der Waals surface area contributed by atoms with Gasteiger partial charge in [0, 0.05) is 38.3 Å². The third-order valence-corrected chi connectivity index (χ3v) is 4.58. The number of aryl methyl sites for hydroxylation is 1. The fourth-order valence-corrected chi connectivity index (χ4v) is 3.19. The van der Waals surface area contributed by atoms with E-state index < -0.39 is 0 Å². The minimum atomic E-state index is 0.167. The lowest BCUT2D eigenvalue weighted by atomic mass is 10.1. The number of para-hydroxylation sites is 1. The van der Waals surface area contributed by atoms with Crippen LogP contribution in [0.2, 0.25) is 0 Å². The van der Waals surface area contributed by atoms with Crippen LogP contribution in [0, 0.1) is 6.92 Å². The van der Waals surface area contributed by atoms with Crippen LogP contribution >= 0.6 is 0 Å². The number of rotatable bonds is 6. The van der Waals surface area contributed by atoms with E-state index in [2.05, 4.69) is 58.9 Å². The van der Waals surface area contributed by atoms with E-state index in [4.69, 9.17) is 9.26 Å². The first-order chi connectivity index (χ1) is 12.0. The Morgan fingerprint density at radius 2 is 1.84 bits per heavy atom. The van der Waals surface area contributed by atoms with Crippen LogP contribution < -0.4 is 4.74 Å². The molecule has 1 aliphatic heterocycles. The maximum atomic E-state index is 5.94. The number of nitrogens with zero attached hydrogens (tertiary/aromatic N) is 4. The Hall–Kier alpha value is -1.92. The van der Waals surface area contributed by atoms with Gasteiger partial charge < -0.3 is 9.26 Å². The molecule has 3 rings (SSSR count). The van der Waals surface area contributed by atoms with E-state index in [9.17, 15) is 0 Å². The maximum absolute atomic E-state index is 5.94. The molecule has 2 aromatic rings. The van der Waals surface area contributed by atoms with Gasteiger partial charge in [0.15, 0.2) is 5.82 Å². The minimum absolute atomic E-state index is 0.167. The molecule has 1 unspecified atom stereocenters. The molecule has 1 aromatic heterocycles. The Morgan fingerprint density at radius 1 is 1.12 bits per heavy atom. The predicted molar refractivity (Wildman–Crippen MR) is 96.5 cm³/mol. The van der Waals surface area contributed by atoms with Crippen molar-refractivity contribution in [3.05, 3.63) is 41.5 Å². The molecule has 6 nitrogen and oxygen atoms in total. The van der Waals surface area contributed by atoms with Crippen molar-refractivity contribution < 1.29 is 9.26 Å². The molecule has 2 heterocycles. The second kappa shape index (κ2) is 7.97. The standard InChI is InChI=1S/C19H28N4O2/c1-14(2)24-18-8-6-5-7-17(18)13-22-9-11-23(12-10-22)15(3)19-20-16(4)21-25-19/h5-8,14-15H,9-13H2,1-4H3. The molecular formula is C19H28N4O2. The Labute approximate surface area is 149 Å². The van der Waals surface area contributed by atoms with E-state index in [1.165, 1.54) is 5.56 Å². The van der Waals surface area contributed by atoms with Gasteiger partial charge in [-0.15, -0.1) is 0 Å². The van der Waals surface area contributed by atoms with Gasteiger partial charge in [-0.05, 0) is 33.8 Å². The molecule has 0 saturated carbocycles. The minimum Gasteiger partial charge on any atom is -0.491 e. The Bertz CT molecular complexity index is 678. The predicted octanol–water partition coefficient (Wildman–Crippen LogP) is 3.04. The number of piperazine rings is 1. The molecule has 0 radical (unpaired) electrons. The van der Waals surface area contributed by atoms with E-state index in [0.29, 0.717) is 11.7 Å². The number of ether oxygens (including phenoxy) is 1. The molecule has 25 heavy (non-hydrogen) atoms. The molecule has 1 saturated heterocycles. The van der Waals surface area contributed by atoms with Crippen LogP contribution in [0.4, 0.5) is 0 Å².